The van der Waals surface area contributed by atoms with Gasteiger partial charge in [-0.05, 0) is 31.1 Å². The van der Waals surface area contributed by atoms with Gasteiger partial charge in [0, 0.05) is 24.1 Å². The molecule has 3 nitrogen and oxygen atoms in total. The molecule has 0 unspecified atom stereocenters. The van der Waals surface area contributed by atoms with Crippen molar-refractivity contribution in [2.24, 2.45) is 0 Å². The lowest BCUT2D eigenvalue weighted by Gasteiger charge is -2.08. The quantitative estimate of drug-likeness (QED) is 0.606. The van der Waals surface area contributed by atoms with E-state index in [1.54, 1.807) is 6.07 Å². The summed E-state index contributed by atoms with van der Waals surface area (Å²) in [7, 11) is 0. The zero-order valence-corrected chi connectivity index (χ0v) is 11.3. The first-order chi connectivity index (χ1) is 8.61. The van der Waals surface area contributed by atoms with Crippen LogP contribution in [-0.4, -0.2) is 18.4 Å². The highest BCUT2D eigenvalue weighted by Crippen LogP contribution is 2.18. The molecule has 18 heavy (non-hydrogen) atoms. The minimum absolute atomic E-state index is 0.0345. The molecule has 1 aromatic carbocycles. The van der Waals surface area contributed by atoms with E-state index in [2.05, 4.69) is 11.9 Å². The maximum atomic E-state index is 11.5. The number of carbonyl (C=O) groups excluding carboxylic acids is 1. The molecule has 0 atom stereocenters. The van der Waals surface area contributed by atoms with Crippen LogP contribution >= 0.6 is 11.6 Å². The summed E-state index contributed by atoms with van der Waals surface area (Å²) in [5, 5.41) is 2.80. The summed E-state index contributed by atoms with van der Waals surface area (Å²) in [6.07, 6.45) is 1.11. The van der Waals surface area contributed by atoms with Crippen molar-refractivity contribution < 1.29 is 9.53 Å². The van der Waals surface area contributed by atoms with E-state index in [0.717, 1.165) is 11.3 Å². The first kappa shape index (κ1) is 14.6. The minimum atomic E-state index is -0.0345. The van der Waals surface area contributed by atoms with Crippen molar-refractivity contribution in [3.8, 4) is 5.75 Å². The summed E-state index contributed by atoms with van der Waals surface area (Å²) < 4.78 is 5.50. The van der Waals surface area contributed by atoms with Crippen molar-refractivity contribution in [1.82, 2.24) is 0 Å². The Balaban J connectivity index is 2.53. The average molecular weight is 268 g/mol. The van der Waals surface area contributed by atoms with Crippen molar-refractivity contribution in [2.75, 3.05) is 17.8 Å². The molecule has 0 aliphatic heterocycles. The summed E-state index contributed by atoms with van der Waals surface area (Å²) >= 11 is 5.54. The van der Waals surface area contributed by atoms with E-state index in [9.17, 15) is 4.79 Å². The van der Waals surface area contributed by atoms with Crippen LogP contribution in [-0.2, 0) is 4.79 Å². The van der Waals surface area contributed by atoms with Gasteiger partial charge in [-0.2, -0.15) is 0 Å². The number of hydrogen-bond donors (Lipinski definition) is 1. The Morgan fingerprint density at radius 2 is 2.28 bits per heavy atom. The van der Waals surface area contributed by atoms with E-state index in [1.807, 2.05) is 25.1 Å². The van der Waals surface area contributed by atoms with Crippen molar-refractivity contribution in [1.29, 1.82) is 0 Å². The van der Waals surface area contributed by atoms with E-state index in [-0.39, 0.29) is 5.91 Å². The smallest absolute Gasteiger partial charge is 0.224 e. The largest absolute Gasteiger partial charge is 0.489 e. The van der Waals surface area contributed by atoms with Crippen LogP contribution in [0.15, 0.2) is 36.4 Å². The lowest BCUT2D eigenvalue weighted by atomic mass is 10.2. The predicted molar refractivity (Wildman–Crippen MR) is 75.3 cm³/mol. The molecule has 1 N–H and O–H groups in total. The molecule has 0 aliphatic carbocycles. The van der Waals surface area contributed by atoms with Crippen LogP contribution in [0.2, 0.25) is 0 Å². The number of ether oxygens (including phenoxy) is 1. The third-order valence-electron chi connectivity index (χ3n) is 2.14. The molecule has 0 radical (unpaired) electrons. The SMILES string of the molecule is C=C(C)COc1cccc(NC(=O)CCCCl)c1. The second-order valence-electron chi connectivity index (χ2n) is 4.11. The second-order valence-corrected chi connectivity index (χ2v) is 4.49. The molecule has 0 fully saturated rings. The Morgan fingerprint density at radius 1 is 1.50 bits per heavy atom. The molecule has 0 saturated heterocycles. The summed E-state index contributed by atoms with van der Waals surface area (Å²) in [4.78, 5) is 11.5. The minimum Gasteiger partial charge on any atom is -0.489 e. The van der Waals surface area contributed by atoms with Crippen LogP contribution in [0.3, 0.4) is 0 Å². The van der Waals surface area contributed by atoms with Gasteiger partial charge in [-0.25, -0.2) is 0 Å². The van der Waals surface area contributed by atoms with Crippen molar-refractivity contribution in [2.45, 2.75) is 19.8 Å². The van der Waals surface area contributed by atoms with Crippen LogP contribution < -0.4 is 10.1 Å². The van der Waals surface area contributed by atoms with Crippen LogP contribution in [0.4, 0.5) is 5.69 Å². The second kappa shape index (κ2) is 7.77. The molecule has 1 aromatic rings. The molecule has 98 valence electrons. The van der Waals surface area contributed by atoms with Gasteiger partial charge in [-0.1, -0.05) is 12.6 Å². The van der Waals surface area contributed by atoms with Crippen molar-refractivity contribution >= 4 is 23.2 Å². The fraction of sp³-hybridized carbons (Fsp3) is 0.357. The Labute approximate surface area is 113 Å². The number of amides is 1. The zero-order valence-electron chi connectivity index (χ0n) is 10.5. The Hall–Kier alpha value is -1.48. The molecule has 1 rings (SSSR count). The van der Waals surface area contributed by atoms with Gasteiger partial charge in [0.05, 0.1) is 0 Å². The van der Waals surface area contributed by atoms with Gasteiger partial charge in [-0.3, -0.25) is 4.79 Å². The number of nitrogens with one attached hydrogen (secondary N) is 1. The fourth-order valence-electron chi connectivity index (χ4n) is 1.32. The topological polar surface area (TPSA) is 38.3 Å². The van der Waals surface area contributed by atoms with Gasteiger partial charge in [0.2, 0.25) is 5.91 Å². The normalized spacial score (nSPS) is 9.89. The lowest BCUT2D eigenvalue weighted by molar-refractivity contribution is -0.116. The zero-order chi connectivity index (χ0) is 13.4. The molecule has 0 aliphatic rings. The van der Waals surface area contributed by atoms with Gasteiger partial charge in [0.25, 0.3) is 0 Å². The number of rotatable bonds is 7. The average Bonchev–Trinajstić information content (AvgIpc) is 2.34. The highest BCUT2D eigenvalue weighted by atomic mass is 35.5. The van der Waals surface area contributed by atoms with E-state index < -0.39 is 0 Å². The maximum absolute atomic E-state index is 11.5. The highest BCUT2D eigenvalue weighted by Gasteiger charge is 2.03. The number of benzene rings is 1. The van der Waals surface area contributed by atoms with Gasteiger partial charge in [-0.15, -0.1) is 11.6 Å². The Kier molecular flexibility index (Phi) is 6.29. The van der Waals surface area contributed by atoms with Crippen molar-refractivity contribution in [3.05, 3.63) is 36.4 Å². The molecule has 1 amide bonds. The molecule has 0 bridgehead atoms. The third kappa shape index (κ3) is 5.73. The number of carbonyl (C=O) groups is 1. The summed E-state index contributed by atoms with van der Waals surface area (Å²) in [5.74, 6) is 1.18. The number of alkyl halides is 1. The maximum Gasteiger partial charge on any atom is 0.224 e. The van der Waals surface area contributed by atoms with Gasteiger partial charge in [0.1, 0.15) is 12.4 Å². The molecule has 0 saturated carbocycles. The summed E-state index contributed by atoms with van der Waals surface area (Å²) in [5.41, 5.74) is 1.68. The van der Waals surface area contributed by atoms with Gasteiger partial charge in [0.15, 0.2) is 0 Å². The highest BCUT2D eigenvalue weighted by molar-refractivity contribution is 6.18. The molecule has 0 aromatic heterocycles. The van der Waals surface area contributed by atoms with Crippen LogP contribution in [0.25, 0.3) is 0 Å². The van der Waals surface area contributed by atoms with Crippen LogP contribution in [0.5, 0.6) is 5.75 Å². The van der Waals surface area contributed by atoms with E-state index in [4.69, 9.17) is 16.3 Å². The van der Waals surface area contributed by atoms with Crippen LogP contribution in [0, 0.1) is 0 Å². The number of halogens is 1. The van der Waals surface area contributed by atoms with E-state index in [0.29, 0.717) is 31.1 Å². The standard InChI is InChI=1S/C14H18ClNO2/c1-11(2)10-18-13-6-3-5-12(9-13)16-14(17)7-4-8-15/h3,5-6,9H,1,4,7-8,10H2,2H3,(H,16,17). The molecule has 0 heterocycles. The number of anilines is 1. The molecular formula is C14H18ClNO2. The molecule has 0 spiro atoms. The third-order valence-corrected chi connectivity index (χ3v) is 2.41. The molecular weight excluding hydrogens is 250 g/mol. The van der Waals surface area contributed by atoms with Crippen LogP contribution in [0.1, 0.15) is 19.8 Å². The van der Waals surface area contributed by atoms with Gasteiger partial charge < -0.3 is 10.1 Å². The summed E-state index contributed by atoms with van der Waals surface area (Å²) in [6, 6.07) is 7.30. The first-order valence-corrected chi connectivity index (χ1v) is 6.38. The molecule has 4 heteroatoms. The summed E-state index contributed by atoms with van der Waals surface area (Å²) in [6.45, 7) is 6.14. The predicted octanol–water partition coefficient (Wildman–Crippen LogP) is 3.60. The first-order valence-electron chi connectivity index (χ1n) is 5.85. The lowest BCUT2D eigenvalue weighted by Crippen LogP contribution is -2.11. The van der Waals surface area contributed by atoms with Gasteiger partial charge >= 0.3 is 0 Å². The van der Waals surface area contributed by atoms with E-state index >= 15 is 0 Å². The monoisotopic (exact) mass is 267 g/mol. The van der Waals surface area contributed by atoms with E-state index in [1.165, 1.54) is 0 Å². The number of hydrogen-bond acceptors (Lipinski definition) is 2. The fourth-order valence-corrected chi connectivity index (χ4v) is 1.45. The van der Waals surface area contributed by atoms with Crippen molar-refractivity contribution in [3.63, 3.8) is 0 Å². The Bertz CT molecular complexity index is 418. The Morgan fingerprint density at radius 3 is 2.94 bits per heavy atom.